The van der Waals surface area contributed by atoms with E-state index in [1.54, 1.807) is 44.8 Å². The van der Waals surface area contributed by atoms with Crippen molar-refractivity contribution >= 4 is 22.6 Å². The number of anilines is 1. The number of aromatic nitrogens is 4. The molecule has 0 aliphatic heterocycles. The summed E-state index contributed by atoms with van der Waals surface area (Å²) in [6.45, 7) is 2.06. The Balaban J connectivity index is 1.45. The molecule has 0 atom stereocenters. The van der Waals surface area contributed by atoms with Crippen LogP contribution >= 0.6 is 0 Å². The van der Waals surface area contributed by atoms with Crippen molar-refractivity contribution in [1.29, 1.82) is 0 Å². The zero-order chi connectivity index (χ0) is 26.1. The molecule has 0 spiro atoms. The van der Waals surface area contributed by atoms with E-state index >= 15 is 0 Å². The van der Waals surface area contributed by atoms with Crippen LogP contribution in [0.5, 0.6) is 11.5 Å². The first-order valence-electron chi connectivity index (χ1n) is 10.9. The van der Waals surface area contributed by atoms with Crippen LogP contribution in [0.25, 0.3) is 22.2 Å². The van der Waals surface area contributed by atoms with Crippen LogP contribution in [0.4, 0.5) is 19.0 Å². The Morgan fingerprint density at radius 2 is 1.72 bits per heavy atom. The van der Waals surface area contributed by atoms with E-state index in [0.29, 0.717) is 22.8 Å². The fourth-order valence-corrected chi connectivity index (χ4v) is 3.53. The lowest BCUT2D eigenvalue weighted by atomic mass is 9.89. The molecular weight excluding hydrogens is 475 g/mol. The monoisotopic (exact) mass is 499 g/mol. The summed E-state index contributed by atoms with van der Waals surface area (Å²) >= 11 is 0. The number of nitrogens with zero attached hydrogens (tertiary/aromatic N) is 3. The summed E-state index contributed by atoms with van der Waals surface area (Å²) in [5.74, 6) is 0.843. The van der Waals surface area contributed by atoms with Crippen molar-refractivity contribution in [3.05, 3.63) is 60.0 Å². The number of H-pyrrole nitrogens is 1. The van der Waals surface area contributed by atoms with Crippen LogP contribution in [-0.4, -0.2) is 46.5 Å². The summed E-state index contributed by atoms with van der Waals surface area (Å²) in [7, 11) is 3.12. The number of fused-ring (bicyclic) bond motifs is 1. The number of carbonyl (C=O) groups excluding carboxylic acids is 1. The lowest BCUT2D eigenvalue weighted by Crippen LogP contribution is -2.36. The Labute approximate surface area is 204 Å². The smallest absolute Gasteiger partial charge is 0.399 e. The minimum atomic E-state index is -4.48. The maximum atomic E-state index is 13.2. The van der Waals surface area contributed by atoms with Crippen LogP contribution in [-0.2, 0) is 16.6 Å². The van der Waals surface area contributed by atoms with E-state index in [9.17, 15) is 18.0 Å². The molecule has 0 bridgehead atoms. The third-order valence-electron chi connectivity index (χ3n) is 5.87. The second kappa shape index (κ2) is 9.48. The van der Waals surface area contributed by atoms with Gasteiger partial charge in [0.05, 0.1) is 37.5 Å². The standard InChI is InChI=1S/C25H24F3N5O3/c1-24(2,25(26,27)28)21-11-22(33-32-21)31-23(34)7-14-5-6-17(29-12-14)16-8-15-9-19(35-3)20(36-4)10-18(15)30-13-16/h5-6,8-13H,7H2,1-4H3,(H2,31,32,33,34). The Morgan fingerprint density at radius 1 is 1.00 bits per heavy atom. The molecule has 1 aromatic carbocycles. The number of hydrogen-bond acceptors (Lipinski definition) is 6. The molecule has 2 N–H and O–H groups in total. The summed E-state index contributed by atoms with van der Waals surface area (Å²) in [4.78, 5) is 21.3. The number of pyridine rings is 2. The number of rotatable bonds is 7. The predicted molar refractivity (Wildman–Crippen MR) is 128 cm³/mol. The molecule has 36 heavy (non-hydrogen) atoms. The molecule has 1 amide bonds. The molecule has 4 rings (SSSR count). The van der Waals surface area contributed by atoms with Crippen molar-refractivity contribution in [2.45, 2.75) is 31.9 Å². The number of halogens is 3. The van der Waals surface area contributed by atoms with Crippen molar-refractivity contribution in [1.82, 2.24) is 20.2 Å². The number of aromatic amines is 1. The van der Waals surface area contributed by atoms with E-state index in [1.165, 1.54) is 6.07 Å². The van der Waals surface area contributed by atoms with Gasteiger partial charge in [0, 0.05) is 35.5 Å². The number of benzene rings is 1. The second-order valence-electron chi connectivity index (χ2n) is 8.69. The number of amides is 1. The van der Waals surface area contributed by atoms with Gasteiger partial charge in [-0.2, -0.15) is 18.3 Å². The van der Waals surface area contributed by atoms with E-state index in [-0.39, 0.29) is 17.9 Å². The third-order valence-corrected chi connectivity index (χ3v) is 5.87. The van der Waals surface area contributed by atoms with Gasteiger partial charge >= 0.3 is 6.18 Å². The maximum absolute atomic E-state index is 13.2. The molecule has 0 saturated carbocycles. The van der Waals surface area contributed by atoms with Crippen molar-refractivity contribution in [2.24, 2.45) is 0 Å². The SMILES string of the molecule is COc1cc2cc(-c3ccc(CC(=O)Nc4cc(C(C)(C)C(F)(F)F)n[nH]4)cn3)cnc2cc1OC. The molecule has 8 nitrogen and oxygen atoms in total. The van der Waals surface area contributed by atoms with Crippen LogP contribution < -0.4 is 14.8 Å². The molecule has 0 aliphatic rings. The zero-order valence-corrected chi connectivity index (χ0v) is 20.0. The molecule has 3 aromatic heterocycles. The highest BCUT2D eigenvalue weighted by Gasteiger charge is 2.50. The maximum Gasteiger partial charge on any atom is 0.399 e. The first-order valence-corrected chi connectivity index (χ1v) is 10.9. The average Bonchev–Trinajstić information content (AvgIpc) is 3.31. The van der Waals surface area contributed by atoms with Crippen molar-refractivity contribution in [2.75, 3.05) is 19.5 Å². The summed E-state index contributed by atoms with van der Waals surface area (Å²) < 4.78 is 50.3. The number of methoxy groups -OCH3 is 2. The molecule has 0 unspecified atom stereocenters. The number of nitrogens with one attached hydrogen (secondary N) is 2. The molecule has 0 saturated heterocycles. The zero-order valence-electron chi connectivity index (χ0n) is 20.0. The van der Waals surface area contributed by atoms with Crippen molar-refractivity contribution < 1.29 is 27.4 Å². The minimum absolute atomic E-state index is 0.0166. The predicted octanol–water partition coefficient (Wildman–Crippen LogP) is 5.06. The van der Waals surface area contributed by atoms with E-state index in [4.69, 9.17) is 9.47 Å². The van der Waals surface area contributed by atoms with E-state index in [2.05, 4.69) is 25.5 Å². The molecule has 0 radical (unpaired) electrons. The summed E-state index contributed by atoms with van der Waals surface area (Å²) in [6.07, 6.45) is -1.23. The Morgan fingerprint density at radius 3 is 2.36 bits per heavy atom. The van der Waals surface area contributed by atoms with Gasteiger partial charge in [-0.3, -0.25) is 19.9 Å². The van der Waals surface area contributed by atoms with Gasteiger partial charge in [0.2, 0.25) is 5.91 Å². The molecule has 0 aliphatic carbocycles. The molecular formula is C25H24F3N5O3. The van der Waals surface area contributed by atoms with E-state index < -0.39 is 17.5 Å². The Hall–Kier alpha value is -4.15. The Bertz CT molecular complexity index is 1400. The summed E-state index contributed by atoms with van der Waals surface area (Å²) in [5, 5.41) is 9.54. The van der Waals surface area contributed by atoms with Gasteiger partial charge in [-0.15, -0.1) is 0 Å². The van der Waals surface area contributed by atoms with E-state index in [0.717, 1.165) is 30.3 Å². The van der Waals surface area contributed by atoms with Gasteiger partial charge in [-0.25, -0.2) is 0 Å². The number of carbonyl (C=O) groups is 1. The first kappa shape index (κ1) is 25.0. The largest absolute Gasteiger partial charge is 0.493 e. The lowest BCUT2D eigenvalue weighted by molar-refractivity contribution is -0.181. The second-order valence-corrected chi connectivity index (χ2v) is 8.69. The van der Waals surface area contributed by atoms with E-state index in [1.807, 2.05) is 12.1 Å². The normalized spacial score (nSPS) is 12.0. The van der Waals surface area contributed by atoms with Gasteiger partial charge in [0.15, 0.2) is 11.5 Å². The third kappa shape index (κ3) is 4.95. The number of alkyl halides is 3. The van der Waals surface area contributed by atoms with Gasteiger partial charge in [0.25, 0.3) is 0 Å². The van der Waals surface area contributed by atoms with Crippen molar-refractivity contribution in [3.8, 4) is 22.8 Å². The average molecular weight is 499 g/mol. The van der Waals surface area contributed by atoms with Crippen LogP contribution in [0.15, 0.2) is 48.8 Å². The molecule has 4 aromatic rings. The molecule has 3 heterocycles. The topological polar surface area (TPSA) is 102 Å². The Kier molecular flexibility index (Phi) is 6.57. The summed E-state index contributed by atoms with van der Waals surface area (Å²) in [6, 6.07) is 10.3. The number of hydrogen-bond donors (Lipinski definition) is 2. The highest BCUT2D eigenvalue weighted by Crippen LogP contribution is 2.40. The quantitative estimate of drug-likeness (QED) is 0.369. The van der Waals surface area contributed by atoms with Crippen LogP contribution in [0.3, 0.4) is 0 Å². The van der Waals surface area contributed by atoms with Crippen LogP contribution in [0, 0.1) is 0 Å². The molecule has 188 valence electrons. The van der Waals surface area contributed by atoms with Crippen LogP contribution in [0.1, 0.15) is 25.1 Å². The molecule has 11 heteroatoms. The highest BCUT2D eigenvalue weighted by atomic mass is 19.4. The lowest BCUT2D eigenvalue weighted by Gasteiger charge is -2.25. The highest BCUT2D eigenvalue weighted by molar-refractivity contribution is 5.91. The number of ether oxygens (including phenoxy) is 2. The van der Waals surface area contributed by atoms with Gasteiger partial charge < -0.3 is 14.8 Å². The van der Waals surface area contributed by atoms with Gasteiger partial charge in [-0.05, 0) is 37.6 Å². The summed E-state index contributed by atoms with van der Waals surface area (Å²) in [5.41, 5.74) is 0.452. The van der Waals surface area contributed by atoms with Crippen LogP contribution in [0.2, 0.25) is 0 Å². The molecule has 0 fully saturated rings. The fraction of sp³-hybridized carbons (Fsp3) is 0.280. The van der Waals surface area contributed by atoms with Gasteiger partial charge in [-0.1, -0.05) is 6.07 Å². The van der Waals surface area contributed by atoms with Crippen molar-refractivity contribution in [3.63, 3.8) is 0 Å². The fourth-order valence-electron chi connectivity index (χ4n) is 3.53. The first-order chi connectivity index (χ1) is 17.0. The van der Waals surface area contributed by atoms with Gasteiger partial charge in [0.1, 0.15) is 11.2 Å². The minimum Gasteiger partial charge on any atom is -0.493 e.